The third-order valence-corrected chi connectivity index (χ3v) is 7.64. The summed E-state index contributed by atoms with van der Waals surface area (Å²) in [5, 5.41) is 3.33. The lowest BCUT2D eigenvalue weighted by Gasteiger charge is -2.36. The molecule has 1 aliphatic heterocycles. The highest BCUT2D eigenvalue weighted by Gasteiger charge is 2.41. The zero-order valence-corrected chi connectivity index (χ0v) is 22.4. The van der Waals surface area contributed by atoms with E-state index in [2.05, 4.69) is 5.32 Å². The molecule has 1 N–H and O–H groups in total. The predicted octanol–water partition coefficient (Wildman–Crippen LogP) is 5.50. The summed E-state index contributed by atoms with van der Waals surface area (Å²) in [5.41, 5.74) is 3.73. The molecule has 0 bridgehead atoms. The molecule has 4 rings (SSSR count). The second-order valence-corrected chi connectivity index (χ2v) is 10.4. The van der Waals surface area contributed by atoms with Crippen molar-refractivity contribution in [1.82, 2.24) is 5.32 Å². The Labute approximate surface area is 221 Å². The molecule has 0 amide bonds. The van der Waals surface area contributed by atoms with E-state index in [0.717, 1.165) is 17.0 Å². The second-order valence-electron chi connectivity index (χ2n) is 9.02. The van der Waals surface area contributed by atoms with Crippen molar-refractivity contribution in [2.45, 2.75) is 38.5 Å². The largest absolute Gasteiger partial charge is 0.493 e. The van der Waals surface area contributed by atoms with Gasteiger partial charge in [-0.2, -0.15) is 11.8 Å². The fraction of sp³-hybridized carbons (Fsp3) is 0.379. The standard InChI is InChI=1S/C29H32FNO5S/c1-5-37-12-11-36-29(33)26-17(2)31-22-14-20(18-9-10-24(34-3)25(16-18)35-4)15-23(32)28(22)27(26)19-7-6-8-21(30)13-19/h6-10,13,16,20,27,31H,5,11-12,14-15H2,1-4H3/t20-,27+/m1/s1. The second kappa shape index (κ2) is 11.9. The molecule has 2 atom stereocenters. The first-order valence-electron chi connectivity index (χ1n) is 12.3. The summed E-state index contributed by atoms with van der Waals surface area (Å²) in [6, 6.07) is 11.8. The Kier molecular flexibility index (Phi) is 8.59. The van der Waals surface area contributed by atoms with E-state index < -0.39 is 17.7 Å². The molecule has 0 saturated carbocycles. The van der Waals surface area contributed by atoms with Gasteiger partial charge in [-0.05, 0) is 60.4 Å². The van der Waals surface area contributed by atoms with Crippen molar-refractivity contribution >= 4 is 23.5 Å². The Balaban J connectivity index is 1.71. The van der Waals surface area contributed by atoms with Crippen molar-refractivity contribution in [2.75, 3.05) is 32.3 Å². The lowest BCUT2D eigenvalue weighted by atomic mass is 9.71. The molecule has 0 aromatic heterocycles. The number of carbonyl (C=O) groups is 2. The van der Waals surface area contributed by atoms with Crippen molar-refractivity contribution in [3.05, 3.63) is 81.9 Å². The number of benzene rings is 2. The lowest BCUT2D eigenvalue weighted by Crippen LogP contribution is -2.36. The SMILES string of the molecule is CCSCCOC(=O)C1=C(C)NC2=C(C(=O)C[C@H](c3ccc(OC)c(OC)c3)C2)[C@H]1c1cccc(F)c1. The Morgan fingerprint density at radius 1 is 1.08 bits per heavy atom. The van der Waals surface area contributed by atoms with E-state index in [9.17, 15) is 14.0 Å². The van der Waals surface area contributed by atoms with Crippen LogP contribution in [-0.2, 0) is 14.3 Å². The number of thioether (sulfide) groups is 1. The van der Waals surface area contributed by atoms with Crippen molar-refractivity contribution in [3.8, 4) is 11.5 Å². The fourth-order valence-electron chi connectivity index (χ4n) is 5.09. The predicted molar refractivity (Wildman–Crippen MR) is 142 cm³/mol. The summed E-state index contributed by atoms with van der Waals surface area (Å²) in [6.45, 7) is 4.12. The van der Waals surface area contributed by atoms with Gasteiger partial charge in [0.25, 0.3) is 0 Å². The number of halogens is 1. The van der Waals surface area contributed by atoms with Gasteiger partial charge in [-0.15, -0.1) is 0 Å². The minimum absolute atomic E-state index is 0.0814. The van der Waals surface area contributed by atoms with E-state index in [0.29, 0.717) is 46.1 Å². The minimum atomic E-state index is -0.697. The maximum Gasteiger partial charge on any atom is 0.336 e. The van der Waals surface area contributed by atoms with Crippen molar-refractivity contribution in [3.63, 3.8) is 0 Å². The van der Waals surface area contributed by atoms with Gasteiger partial charge in [0.15, 0.2) is 17.3 Å². The van der Waals surface area contributed by atoms with Crippen LogP contribution >= 0.6 is 11.8 Å². The Morgan fingerprint density at radius 3 is 2.57 bits per heavy atom. The number of hydrogen-bond donors (Lipinski definition) is 1. The maximum atomic E-state index is 14.3. The zero-order valence-electron chi connectivity index (χ0n) is 21.6. The van der Waals surface area contributed by atoms with Crippen LogP contribution in [0, 0.1) is 5.82 Å². The third-order valence-electron chi connectivity index (χ3n) is 6.77. The summed E-state index contributed by atoms with van der Waals surface area (Å²) in [6.07, 6.45) is 0.825. The Bertz CT molecular complexity index is 1250. The van der Waals surface area contributed by atoms with Gasteiger partial charge in [-0.25, -0.2) is 9.18 Å². The number of allylic oxidation sites excluding steroid dienone is 3. The average molecular weight is 526 g/mol. The number of ether oxygens (including phenoxy) is 3. The van der Waals surface area contributed by atoms with Crippen LogP contribution in [0.25, 0.3) is 0 Å². The first-order valence-corrected chi connectivity index (χ1v) is 13.5. The summed E-state index contributed by atoms with van der Waals surface area (Å²) in [4.78, 5) is 27.0. The van der Waals surface area contributed by atoms with Crippen LogP contribution in [0.4, 0.5) is 4.39 Å². The van der Waals surface area contributed by atoms with E-state index in [1.54, 1.807) is 45.0 Å². The van der Waals surface area contributed by atoms with Crippen LogP contribution in [-0.4, -0.2) is 44.1 Å². The van der Waals surface area contributed by atoms with E-state index in [-0.39, 0.29) is 24.7 Å². The molecule has 2 aromatic rings. The van der Waals surface area contributed by atoms with Crippen molar-refractivity contribution in [2.24, 2.45) is 0 Å². The molecule has 1 aliphatic carbocycles. The monoisotopic (exact) mass is 525 g/mol. The highest BCUT2D eigenvalue weighted by molar-refractivity contribution is 7.99. The average Bonchev–Trinajstić information content (AvgIpc) is 2.89. The van der Waals surface area contributed by atoms with Gasteiger partial charge in [-0.3, -0.25) is 4.79 Å². The van der Waals surface area contributed by atoms with Crippen LogP contribution in [0.1, 0.15) is 49.7 Å². The molecule has 0 radical (unpaired) electrons. The third kappa shape index (κ3) is 5.69. The van der Waals surface area contributed by atoms with E-state index in [1.165, 1.54) is 12.1 Å². The topological polar surface area (TPSA) is 73.9 Å². The first kappa shape index (κ1) is 26.8. The van der Waals surface area contributed by atoms with Crippen LogP contribution in [0.2, 0.25) is 0 Å². The molecule has 1 heterocycles. The number of Topliss-reactive ketones (excluding diaryl/α,β-unsaturated/α-hetero) is 1. The molecule has 6 nitrogen and oxygen atoms in total. The van der Waals surface area contributed by atoms with Crippen LogP contribution in [0.15, 0.2) is 65.0 Å². The molecule has 196 valence electrons. The molecule has 2 aromatic carbocycles. The maximum absolute atomic E-state index is 14.3. The van der Waals surface area contributed by atoms with Gasteiger partial charge in [0.05, 0.1) is 19.8 Å². The molecular weight excluding hydrogens is 493 g/mol. The number of dihydropyridines is 1. The highest BCUT2D eigenvalue weighted by atomic mass is 32.2. The molecule has 0 unspecified atom stereocenters. The number of rotatable bonds is 9. The zero-order chi connectivity index (χ0) is 26.5. The number of esters is 1. The molecule has 37 heavy (non-hydrogen) atoms. The lowest BCUT2D eigenvalue weighted by molar-refractivity contribution is -0.138. The number of ketones is 1. The number of methoxy groups -OCH3 is 2. The van der Waals surface area contributed by atoms with Gasteiger partial charge >= 0.3 is 5.97 Å². The van der Waals surface area contributed by atoms with Crippen molar-refractivity contribution < 1.29 is 28.2 Å². The molecule has 0 fully saturated rings. The van der Waals surface area contributed by atoms with Gasteiger partial charge in [0.1, 0.15) is 12.4 Å². The summed E-state index contributed by atoms with van der Waals surface area (Å²) < 4.78 is 30.7. The van der Waals surface area contributed by atoms with Gasteiger partial charge in [-0.1, -0.05) is 25.1 Å². The van der Waals surface area contributed by atoms with E-state index in [4.69, 9.17) is 14.2 Å². The molecular formula is C29H32FNO5S. The van der Waals surface area contributed by atoms with E-state index >= 15 is 0 Å². The quantitative estimate of drug-likeness (QED) is 0.342. The van der Waals surface area contributed by atoms with Gasteiger partial charge in [0, 0.05) is 35.1 Å². The molecule has 8 heteroatoms. The molecule has 0 spiro atoms. The van der Waals surface area contributed by atoms with E-state index in [1.807, 2.05) is 25.1 Å². The Morgan fingerprint density at radius 2 is 1.86 bits per heavy atom. The fourth-order valence-corrected chi connectivity index (χ4v) is 5.58. The van der Waals surface area contributed by atoms with Crippen molar-refractivity contribution in [1.29, 1.82) is 0 Å². The minimum Gasteiger partial charge on any atom is -0.493 e. The smallest absolute Gasteiger partial charge is 0.336 e. The molecule has 2 aliphatic rings. The first-order chi connectivity index (χ1) is 17.9. The Hall–Kier alpha value is -3.26. The highest BCUT2D eigenvalue weighted by Crippen LogP contribution is 2.46. The summed E-state index contributed by atoms with van der Waals surface area (Å²) >= 11 is 1.68. The summed E-state index contributed by atoms with van der Waals surface area (Å²) in [5.74, 6) is 1.06. The molecule has 0 saturated heterocycles. The number of nitrogens with one attached hydrogen (secondary N) is 1. The van der Waals surface area contributed by atoms with Crippen LogP contribution < -0.4 is 14.8 Å². The van der Waals surface area contributed by atoms with Gasteiger partial charge < -0.3 is 19.5 Å². The number of carbonyl (C=O) groups excluding carboxylic acids is 2. The van der Waals surface area contributed by atoms with Crippen LogP contribution in [0.3, 0.4) is 0 Å². The summed E-state index contributed by atoms with van der Waals surface area (Å²) in [7, 11) is 3.16. The van der Waals surface area contributed by atoms with Gasteiger partial charge in [0.2, 0.25) is 0 Å². The normalized spacial score (nSPS) is 19.3. The number of hydrogen-bond acceptors (Lipinski definition) is 7. The van der Waals surface area contributed by atoms with Crippen LogP contribution in [0.5, 0.6) is 11.5 Å².